The number of nitrogens with zero attached hydrogens (tertiary/aromatic N) is 2. The second-order valence-corrected chi connectivity index (χ2v) is 8.16. The van der Waals surface area contributed by atoms with E-state index in [2.05, 4.69) is 30.6 Å². The van der Waals surface area contributed by atoms with Gasteiger partial charge in [0.05, 0.1) is 12.2 Å². The average molecular weight is 343 g/mol. The number of methoxy groups -OCH3 is 1. The molecule has 0 aromatic heterocycles. The summed E-state index contributed by atoms with van der Waals surface area (Å²) in [5.74, 6) is 0. The Morgan fingerprint density at radius 3 is 2.21 bits per heavy atom. The van der Waals surface area contributed by atoms with Gasteiger partial charge in [-0.15, -0.1) is 0 Å². The first-order valence-electron chi connectivity index (χ1n) is 9.68. The molecule has 2 aliphatic rings. The zero-order chi connectivity index (χ0) is 17.4. The summed E-state index contributed by atoms with van der Waals surface area (Å²) in [6, 6.07) is 0. The minimum absolute atomic E-state index is 0.280. The lowest BCUT2D eigenvalue weighted by molar-refractivity contribution is -0.0915. The molecule has 0 radical (unpaired) electrons. The van der Waals surface area contributed by atoms with E-state index in [1.807, 2.05) is 7.11 Å². The molecule has 0 saturated carbocycles. The molecule has 0 atom stereocenters. The van der Waals surface area contributed by atoms with Crippen LogP contribution in [0.5, 0.6) is 0 Å². The molecular formula is C19H38N2O3. The van der Waals surface area contributed by atoms with Crippen LogP contribution in [0, 0.1) is 0 Å². The van der Waals surface area contributed by atoms with Crippen LogP contribution in [0.15, 0.2) is 0 Å². The number of ether oxygens (including phenoxy) is 3. The van der Waals surface area contributed by atoms with Crippen molar-refractivity contribution in [3.05, 3.63) is 0 Å². The molecule has 5 nitrogen and oxygen atoms in total. The van der Waals surface area contributed by atoms with Gasteiger partial charge in [0.1, 0.15) is 0 Å². The van der Waals surface area contributed by atoms with Crippen molar-refractivity contribution in [2.75, 3.05) is 59.7 Å². The second-order valence-electron chi connectivity index (χ2n) is 8.16. The van der Waals surface area contributed by atoms with E-state index >= 15 is 0 Å². The number of likely N-dealkylation sites (tertiary alicyclic amines) is 2. The Morgan fingerprint density at radius 2 is 1.58 bits per heavy atom. The van der Waals surface area contributed by atoms with Gasteiger partial charge in [-0.05, 0) is 46.5 Å². The van der Waals surface area contributed by atoms with Crippen molar-refractivity contribution in [2.24, 2.45) is 0 Å². The molecule has 0 aliphatic carbocycles. The largest absolute Gasteiger partial charge is 0.381 e. The number of piperidine rings is 1. The fourth-order valence-electron chi connectivity index (χ4n) is 3.36. The van der Waals surface area contributed by atoms with Gasteiger partial charge >= 0.3 is 0 Å². The number of hydrogen-bond donors (Lipinski definition) is 0. The molecule has 2 saturated heterocycles. The molecule has 0 aromatic carbocycles. The van der Waals surface area contributed by atoms with Gasteiger partial charge < -0.3 is 19.1 Å². The molecule has 2 rings (SSSR count). The summed E-state index contributed by atoms with van der Waals surface area (Å²) in [5.41, 5.74) is 0.280. The normalized spacial score (nSPS) is 22.0. The molecule has 0 spiro atoms. The molecule has 0 N–H and O–H groups in total. The highest BCUT2D eigenvalue weighted by molar-refractivity contribution is 4.89. The Balaban J connectivity index is 1.34. The Bertz CT molecular complexity index is 332. The minimum atomic E-state index is 0.280. The van der Waals surface area contributed by atoms with Crippen LogP contribution in [0.4, 0.5) is 0 Å². The molecule has 2 heterocycles. The molecule has 142 valence electrons. The second kappa shape index (κ2) is 10.1. The summed E-state index contributed by atoms with van der Waals surface area (Å²) >= 11 is 0. The predicted molar refractivity (Wildman–Crippen MR) is 97.6 cm³/mol. The third kappa shape index (κ3) is 6.96. The van der Waals surface area contributed by atoms with Crippen LogP contribution >= 0.6 is 0 Å². The molecule has 2 fully saturated rings. The van der Waals surface area contributed by atoms with Crippen molar-refractivity contribution >= 4 is 0 Å². The van der Waals surface area contributed by atoms with E-state index in [0.29, 0.717) is 12.2 Å². The van der Waals surface area contributed by atoms with Gasteiger partial charge in [-0.3, -0.25) is 4.90 Å². The highest BCUT2D eigenvalue weighted by Crippen LogP contribution is 2.22. The third-order valence-corrected chi connectivity index (χ3v) is 5.21. The summed E-state index contributed by atoms with van der Waals surface area (Å²) in [7, 11) is 1.82. The van der Waals surface area contributed by atoms with Crippen LogP contribution < -0.4 is 0 Å². The molecular weight excluding hydrogens is 304 g/mol. The lowest BCUT2D eigenvalue weighted by Gasteiger charge is -2.47. The maximum absolute atomic E-state index is 5.88. The Kier molecular flexibility index (Phi) is 8.44. The smallest absolute Gasteiger partial charge is 0.0829 e. The van der Waals surface area contributed by atoms with E-state index in [-0.39, 0.29) is 5.54 Å². The molecule has 2 aliphatic heterocycles. The summed E-state index contributed by atoms with van der Waals surface area (Å²) < 4.78 is 17.0. The van der Waals surface area contributed by atoms with Gasteiger partial charge in [0.25, 0.3) is 0 Å². The number of hydrogen-bond acceptors (Lipinski definition) is 5. The maximum Gasteiger partial charge on any atom is 0.0829 e. The SMILES string of the molecule is COC1CCN(CCCOCCCOC2CN(C(C)(C)C)C2)CC1. The van der Waals surface area contributed by atoms with Crippen LogP contribution in [0.2, 0.25) is 0 Å². The summed E-state index contributed by atoms with van der Waals surface area (Å²) in [5, 5.41) is 0. The van der Waals surface area contributed by atoms with E-state index in [4.69, 9.17) is 14.2 Å². The molecule has 0 aromatic rings. The monoisotopic (exact) mass is 342 g/mol. The van der Waals surface area contributed by atoms with Gasteiger partial charge in [-0.2, -0.15) is 0 Å². The van der Waals surface area contributed by atoms with E-state index in [1.54, 1.807) is 0 Å². The molecule has 0 amide bonds. The maximum atomic E-state index is 5.88. The van der Waals surface area contributed by atoms with Crippen LogP contribution in [-0.4, -0.2) is 87.2 Å². The first kappa shape index (κ1) is 20.1. The Morgan fingerprint density at radius 1 is 0.917 bits per heavy atom. The molecule has 0 unspecified atom stereocenters. The lowest BCUT2D eigenvalue weighted by atomic mass is 9.99. The van der Waals surface area contributed by atoms with Gasteiger partial charge in [0, 0.05) is 65.2 Å². The topological polar surface area (TPSA) is 34.2 Å². The quantitative estimate of drug-likeness (QED) is 0.570. The molecule has 0 bridgehead atoms. The van der Waals surface area contributed by atoms with E-state index in [0.717, 1.165) is 52.3 Å². The Hall–Kier alpha value is -0.200. The van der Waals surface area contributed by atoms with Crippen LogP contribution in [0.1, 0.15) is 46.5 Å². The number of rotatable bonds is 10. The minimum Gasteiger partial charge on any atom is -0.381 e. The van der Waals surface area contributed by atoms with E-state index < -0.39 is 0 Å². The summed E-state index contributed by atoms with van der Waals surface area (Å²) in [4.78, 5) is 4.99. The molecule has 24 heavy (non-hydrogen) atoms. The summed E-state index contributed by atoms with van der Waals surface area (Å²) in [6.45, 7) is 14.9. The first-order valence-corrected chi connectivity index (χ1v) is 9.68. The van der Waals surface area contributed by atoms with Crippen molar-refractivity contribution in [1.29, 1.82) is 0 Å². The van der Waals surface area contributed by atoms with Gasteiger partial charge in [-0.1, -0.05) is 0 Å². The fraction of sp³-hybridized carbons (Fsp3) is 1.00. The van der Waals surface area contributed by atoms with Crippen molar-refractivity contribution in [1.82, 2.24) is 9.80 Å². The first-order chi connectivity index (χ1) is 11.5. The van der Waals surface area contributed by atoms with Gasteiger partial charge in [0.2, 0.25) is 0 Å². The lowest BCUT2D eigenvalue weighted by Crippen LogP contribution is -2.59. The van der Waals surface area contributed by atoms with E-state index in [1.165, 1.54) is 25.9 Å². The van der Waals surface area contributed by atoms with E-state index in [9.17, 15) is 0 Å². The van der Waals surface area contributed by atoms with Crippen molar-refractivity contribution in [2.45, 2.75) is 64.2 Å². The van der Waals surface area contributed by atoms with Crippen molar-refractivity contribution in [3.8, 4) is 0 Å². The average Bonchev–Trinajstić information content (AvgIpc) is 2.50. The van der Waals surface area contributed by atoms with Gasteiger partial charge in [-0.25, -0.2) is 0 Å². The standard InChI is InChI=1S/C19H38N2O3/c1-19(2,3)21-15-18(16-21)24-14-6-13-23-12-5-9-20-10-7-17(22-4)8-11-20/h17-18H,5-16H2,1-4H3. The molecule has 5 heteroatoms. The van der Waals surface area contributed by atoms with Crippen LogP contribution in [-0.2, 0) is 14.2 Å². The Labute approximate surface area is 148 Å². The highest BCUT2D eigenvalue weighted by atomic mass is 16.5. The predicted octanol–water partition coefficient (Wildman–Crippen LogP) is 2.39. The zero-order valence-corrected chi connectivity index (χ0v) is 16.3. The highest BCUT2D eigenvalue weighted by Gasteiger charge is 2.34. The summed E-state index contributed by atoms with van der Waals surface area (Å²) in [6.07, 6.45) is 5.38. The zero-order valence-electron chi connectivity index (χ0n) is 16.3. The van der Waals surface area contributed by atoms with Crippen molar-refractivity contribution < 1.29 is 14.2 Å². The van der Waals surface area contributed by atoms with Gasteiger partial charge in [0.15, 0.2) is 0 Å². The van der Waals surface area contributed by atoms with Crippen LogP contribution in [0.3, 0.4) is 0 Å². The fourth-order valence-corrected chi connectivity index (χ4v) is 3.36. The van der Waals surface area contributed by atoms with Crippen LogP contribution in [0.25, 0.3) is 0 Å². The third-order valence-electron chi connectivity index (χ3n) is 5.21. The van der Waals surface area contributed by atoms with Crippen molar-refractivity contribution in [3.63, 3.8) is 0 Å².